The molecule has 0 fully saturated rings. The first-order valence-electron chi connectivity index (χ1n) is 15.5. The van der Waals surface area contributed by atoms with Gasteiger partial charge in [0.15, 0.2) is 0 Å². The van der Waals surface area contributed by atoms with E-state index in [0.29, 0.717) is 5.41 Å². The molecular formula is C41H55N3. The molecule has 0 heterocycles. The maximum atomic E-state index is 5.66. The monoisotopic (exact) mass is 589 g/mol. The van der Waals surface area contributed by atoms with Crippen molar-refractivity contribution < 1.29 is 0 Å². The number of rotatable bonds is 6. The molecule has 4 N–H and O–H groups in total. The number of allylic oxidation sites excluding steroid dienone is 3. The molecule has 0 aliphatic rings. The first kappa shape index (κ1) is 37.8. The third kappa shape index (κ3) is 12.6. The van der Waals surface area contributed by atoms with Gasteiger partial charge >= 0.3 is 0 Å². The zero-order valence-corrected chi connectivity index (χ0v) is 28.5. The average Bonchev–Trinajstić information content (AvgIpc) is 3.03. The van der Waals surface area contributed by atoms with Gasteiger partial charge in [-0.2, -0.15) is 5.10 Å². The summed E-state index contributed by atoms with van der Waals surface area (Å²) in [5.74, 6) is 5.66. The molecule has 0 radical (unpaired) electrons. The smallest absolute Gasteiger partial charge is 0.0971 e. The second-order valence-corrected chi connectivity index (χ2v) is 12.1. The van der Waals surface area contributed by atoms with Gasteiger partial charge in [-0.25, -0.2) is 0 Å². The molecule has 1 atom stereocenters. The summed E-state index contributed by atoms with van der Waals surface area (Å²) in [6.07, 6.45) is 6.05. The third-order valence-electron chi connectivity index (χ3n) is 7.54. The molecule has 4 rings (SSSR count). The molecule has 3 nitrogen and oxygen atoms in total. The number of hydrogen-bond acceptors (Lipinski definition) is 3. The van der Waals surface area contributed by atoms with Crippen molar-refractivity contribution >= 4 is 5.71 Å². The van der Waals surface area contributed by atoms with E-state index in [1.807, 2.05) is 112 Å². The van der Waals surface area contributed by atoms with E-state index >= 15 is 0 Å². The second kappa shape index (κ2) is 19.1. The van der Waals surface area contributed by atoms with Crippen molar-refractivity contribution in [3.8, 4) is 11.1 Å². The summed E-state index contributed by atoms with van der Waals surface area (Å²) in [4.78, 5) is 0. The summed E-state index contributed by atoms with van der Waals surface area (Å²) in [6, 6.07) is 37.0. The van der Waals surface area contributed by atoms with E-state index in [0.717, 1.165) is 16.8 Å². The van der Waals surface area contributed by atoms with Crippen molar-refractivity contribution in [2.75, 3.05) is 0 Å². The molecule has 0 spiro atoms. The zero-order chi connectivity index (χ0) is 33.2. The molecule has 0 saturated heterocycles. The predicted molar refractivity (Wildman–Crippen MR) is 196 cm³/mol. The number of hydrogen-bond donors (Lipinski definition) is 2. The third-order valence-corrected chi connectivity index (χ3v) is 7.54. The van der Waals surface area contributed by atoms with E-state index in [-0.39, 0.29) is 11.5 Å². The Morgan fingerprint density at radius 3 is 1.66 bits per heavy atom. The minimum atomic E-state index is 0.159. The molecule has 4 aromatic carbocycles. The number of hydrazone groups is 1. The Morgan fingerprint density at radius 1 is 0.727 bits per heavy atom. The van der Waals surface area contributed by atoms with Crippen LogP contribution in [0.1, 0.15) is 83.7 Å². The number of nitrogens with two attached hydrogens (primary N) is 2. The van der Waals surface area contributed by atoms with Crippen LogP contribution in [-0.4, -0.2) is 5.71 Å². The lowest BCUT2D eigenvalue weighted by Gasteiger charge is -2.36. The molecule has 1 unspecified atom stereocenters. The van der Waals surface area contributed by atoms with E-state index in [2.05, 4.69) is 89.6 Å². The van der Waals surface area contributed by atoms with Gasteiger partial charge in [-0.3, -0.25) is 0 Å². The van der Waals surface area contributed by atoms with Gasteiger partial charge in [0.25, 0.3) is 0 Å². The van der Waals surface area contributed by atoms with Crippen LogP contribution in [0.15, 0.2) is 139 Å². The Balaban J connectivity index is 0.000000368. The molecule has 234 valence electrons. The Labute approximate surface area is 268 Å². The van der Waals surface area contributed by atoms with Crippen LogP contribution in [0.2, 0.25) is 0 Å². The molecule has 44 heavy (non-hydrogen) atoms. The average molecular weight is 590 g/mol. The number of nitrogens with zero attached hydrogens (tertiary/aromatic N) is 1. The van der Waals surface area contributed by atoms with Gasteiger partial charge in [0.2, 0.25) is 0 Å². The number of aryl methyl sites for hydroxylation is 1. The largest absolute Gasteiger partial charge is 0.324 e. The normalized spacial score (nSPS) is 12.0. The molecule has 3 heteroatoms. The van der Waals surface area contributed by atoms with Crippen molar-refractivity contribution in [1.82, 2.24) is 0 Å². The molecule has 0 saturated carbocycles. The number of benzene rings is 4. The van der Waals surface area contributed by atoms with Crippen LogP contribution in [0.25, 0.3) is 11.1 Å². The van der Waals surface area contributed by atoms with Crippen LogP contribution in [0, 0.1) is 17.8 Å². The highest BCUT2D eigenvalue weighted by Crippen LogP contribution is 2.38. The zero-order valence-electron chi connectivity index (χ0n) is 28.5. The molecule has 4 aromatic rings. The highest BCUT2D eigenvalue weighted by molar-refractivity contribution is 6.13. The quantitative estimate of drug-likeness (QED) is 0.102. The Kier molecular flexibility index (Phi) is 16.5. The van der Waals surface area contributed by atoms with Gasteiger partial charge in [0.05, 0.1) is 5.71 Å². The fraction of sp³-hybridized carbons (Fsp3) is 0.293. The van der Waals surface area contributed by atoms with Gasteiger partial charge in [0, 0.05) is 17.2 Å². The predicted octanol–water partition coefficient (Wildman–Crippen LogP) is 10.9. The molecule has 0 aromatic heterocycles. The summed E-state index contributed by atoms with van der Waals surface area (Å²) in [5.41, 5.74) is 13.8. The van der Waals surface area contributed by atoms with E-state index in [9.17, 15) is 0 Å². The highest BCUT2D eigenvalue weighted by atomic mass is 15.1. The summed E-state index contributed by atoms with van der Waals surface area (Å²) in [6.45, 7) is 23.0. The van der Waals surface area contributed by atoms with Crippen LogP contribution in [0.5, 0.6) is 0 Å². The van der Waals surface area contributed by atoms with E-state index in [1.165, 1.54) is 22.3 Å². The second-order valence-electron chi connectivity index (χ2n) is 12.1. The Morgan fingerprint density at radius 2 is 1.23 bits per heavy atom. The van der Waals surface area contributed by atoms with E-state index in [4.69, 9.17) is 11.6 Å². The van der Waals surface area contributed by atoms with Crippen LogP contribution >= 0.6 is 0 Å². The van der Waals surface area contributed by atoms with Crippen LogP contribution in [0.3, 0.4) is 0 Å². The van der Waals surface area contributed by atoms with Crippen LogP contribution in [-0.2, 0) is 0 Å². The van der Waals surface area contributed by atoms with Gasteiger partial charge < -0.3 is 11.6 Å². The SMILES string of the molecule is C=C/C=C\C(C)(C)C(C)(C)C.CC.CC(N)c1ccccc1.Cc1cc(/C(=N\N)c2ccccc2)cc(-c2ccccc2)c1. The maximum absolute atomic E-state index is 5.66. The van der Waals surface area contributed by atoms with Gasteiger partial charge in [-0.15, -0.1) is 0 Å². The first-order chi connectivity index (χ1) is 20.9. The van der Waals surface area contributed by atoms with Gasteiger partial charge in [-0.1, -0.05) is 170 Å². The Hall–Kier alpha value is -4.21. The summed E-state index contributed by atoms with van der Waals surface area (Å²) in [7, 11) is 0. The van der Waals surface area contributed by atoms with Crippen LogP contribution in [0.4, 0.5) is 0 Å². The highest BCUT2D eigenvalue weighted by Gasteiger charge is 2.29. The molecule has 0 amide bonds. The summed E-state index contributed by atoms with van der Waals surface area (Å²) in [5, 5.41) is 4.02. The fourth-order valence-corrected chi connectivity index (χ4v) is 3.94. The molecular weight excluding hydrogens is 534 g/mol. The first-order valence-corrected chi connectivity index (χ1v) is 15.5. The minimum absolute atomic E-state index is 0.159. The van der Waals surface area contributed by atoms with Crippen LogP contribution < -0.4 is 11.6 Å². The van der Waals surface area contributed by atoms with Crippen molar-refractivity contribution in [3.05, 3.63) is 156 Å². The van der Waals surface area contributed by atoms with E-state index in [1.54, 1.807) is 0 Å². The molecule has 0 aliphatic heterocycles. The summed E-state index contributed by atoms with van der Waals surface area (Å²) >= 11 is 0. The lowest BCUT2D eigenvalue weighted by atomic mass is 9.69. The van der Waals surface area contributed by atoms with Crippen molar-refractivity contribution in [1.29, 1.82) is 0 Å². The lowest BCUT2D eigenvalue weighted by Crippen LogP contribution is -2.27. The van der Waals surface area contributed by atoms with Crippen molar-refractivity contribution in [2.24, 2.45) is 27.5 Å². The summed E-state index contributed by atoms with van der Waals surface area (Å²) < 4.78 is 0. The van der Waals surface area contributed by atoms with E-state index < -0.39 is 0 Å². The van der Waals surface area contributed by atoms with Crippen molar-refractivity contribution in [2.45, 2.75) is 68.4 Å². The topological polar surface area (TPSA) is 64.4 Å². The van der Waals surface area contributed by atoms with Crippen molar-refractivity contribution in [3.63, 3.8) is 0 Å². The standard InChI is InChI=1S/C20H18N2.C11H20.C8H11N.C2H6/c1-15-12-18(16-8-4-2-5-9-16)14-19(13-15)20(22-21)17-10-6-3-7-11-17;1-7-8-9-11(5,6)10(2,3)4;1-7(9)8-5-3-2-4-6-8;1-2/h2-14H,21H2,1H3;7-9H,1H2,2-6H3;2-7H,9H2,1H3;1-2H3/b22-20-;9-8-;;. The molecule has 0 bridgehead atoms. The lowest BCUT2D eigenvalue weighted by molar-refractivity contribution is 0.193. The minimum Gasteiger partial charge on any atom is -0.324 e. The fourth-order valence-electron chi connectivity index (χ4n) is 3.94. The maximum Gasteiger partial charge on any atom is 0.0971 e. The van der Waals surface area contributed by atoms with Gasteiger partial charge in [-0.05, 0) is 59.1 Å². The Bertz CT molecular complexity index is 1410. The van der Waals surface area contributed by atoms with Gasteiger partial charge in [0.1, 0.15) is 0 Å². The molecule has 0 aliphatic carbocycles.